The fourth-order valence-electron chi connectivity index (χ4n) is 1.87. The van der Waals surface area contributed by atoms with Crippen LogP contribution in [0.3, 0.4) is 0 Å². The molecule has 2 rings (SSSR count). The van der Waals surface area contributed by atoms with Gasteiger partial charge >= 0.3 is 0 Å². The molecule has 1 aromatic carbocycles. The van der Waals surface area contributed by atoms with Crippen LogP contribution in [0.2, 0.25) is 0 Å². The highest BCUT2D eigenvalue weighted by Crippen LogP contribution is 2.20. The van der Waals surface area contributed by atoms with E-state index in [-0.39, 0.29) is 0 Å². The van der Waals surface area contributed by atoms with Crippen molar-refractivity contribution in [3.05, 3.63) is 89.6 Å². The van der Waals surface area contributed by atoms with Gasteiger partial charge in [-0.1, -0.05) is 55.2 Å². The lowest BCUT2D eigenvalue weighted by Gasteiger charge is -2.01. The van der Waals surface area contributed by atoms with E-state index in [1.807, 2.05) is 49.5 Å². The summed E-state index contributed by atoms with van der Waals surface area (Å²) >= 11 is 0. The molecule has 0 unspecified atom stereocenters. The number of para-hydroxylation sites is 1. The largest absolute Gasteiger partial charge is 0.256 e. The van der Waals surface area contributed by atoms with Crippen molar-refractivity contribution in [1.29, 1.82) is 0 Å². The van der Waals surface area contributed by atoms with Crippen LogP contribution in [0.25, 0.3) is 0 Å². The second-order valence-electron chi connectivity index (χ2n) is 4.67. The molecule has 0 N–H and O–H groups in total. The van der Waals surface area contributed by atoms with Crippen molar-refractivity contribution in [1.82, 2.24) is 0 Å². The fraction of sp³-hybridized carbons (Fsp3) is 0.105. The molecule has 0 aliphatic heterocycles. The molecule has 0 saturated carbocycles. The van der Waals surface area contributed by atoms with Gasteiger partial charge in [0.15, 0.2) is 0 Å². The van der Waals surface area contributed by atoms with Gasteiger partial charge in [0.25, 0.3) is 0 Å². The summed E-state index contributed by atoms with van der Waals surface area (Å²) in [5, 5.41) is 0. The maximum absolute atomic E-state index is 4.51. The topological polar surface area (TPSA) is 12.4 Å². The maximum Gasteiger partial charge on any atom is 0.0629 e. The Kier molecular flexibility index (Phi) is 4.67. The van der Waals surface area contributed by atoms with Crippen molar-refractivity contribution in [2.45, 2.75) is 13.8 Å². The molecule has 0 spiro atoms. The molecule has 20 heavy (non-hydrogen) atoms. The summed E-state index contributed by atoms with van der Waals surface area (Å²) in [6.45, 7) is 8.12. The van der Waals surface area contributed by atoms with Crippen LogP contribution in [-0.2, 0) is 0 Å². The van der Waals surface area contributed by atoms with Crippen molar-refractivity contribution in [3.8, 4) is 0 Å². The first-order valence-electron chi connectivity index (χ1n) is 6.72. The molecule has 0 bridgehead atoms. The fourth-order valence-corrected chi connectivity index (χ4v) is 1.87. The van der Waals surface area contributed by atoms with E-state index in [0.29, 0.717) is 0 Å². The Morgan fingerprint density at radius 2 is 1.85 bits per heavy atom. The van der Waals surface area contributed by atoms with E-state index in [1.165, 1.54) is 5.57 Å². The third kappa shape index (κ3) is 3.55. The Morgan fingerprint density at radius 1 is 1.10 bits per heavy atom. The van der Waals surface area contributed by atoms with E-state index < -0.39 is 0 Å². The average molecular weight is 261 g/mol. The SMILES string of the molecule is C=C1C=CC(/C(C=Nc2ccccc2)=C/C)=CC=C1C. The smallest absolute Gasteiger partial charge is 0.0629 e. The Hall–Kier alpha value is -2.41. The van der Waals surface area contributed by atoms with Crippen LogP contribution >= 0.6 is 0 Å². The molecule has 100 valence electrons. The summed E-state index contributed by atoms with van der Waals surface area (Å²) in [7, 11) is 0. The van der Waals surface area contributed by atoms with Crippen molar-refractivity contribution >= 4 is 11.9 Å². The Labute approximate surface area is 121 Å². The third-order valence-electron chi connectivity index (χ3n) is 3.24. The van der Waals surface area contributed by atoms with E-state index in [1.54, 1.807) is 0 Å². The first-order valence-corrected chi connectivity index (χ1v) is 6.72. The van der Waals surface area contributed by atoms with Crippen LogP contribution in [0, 0.1) is 0 Å². The van der Waals surface area contributed by atoms with E-state index in [4.69, 9.17) is 0 Å². The molecule has 0 fully saturated rings. The summed E-state index contributed by atoms with van der Waals surface area (Å²) in [5.41, 5.74) is 5.44. The number of rotatable bonds is 3. The molecule has 0 amide bonds. The standard InChI is InChI=1S/C19H19N/c1-4-17(14-20-19-8-6-5-7-9-19)18-12-10-15(2)16(3)11-13-18/h4-14H,2H2,1,3H3/b17-4+,20-14?. The van der Waals surface area contributed by atoms with E-state index in [0.717, 1.165) is 22.4 Å². The molecule has 1 nitrogen and oxygen atoms in total. The second-order valence-corrected chi connectivity index (χ2v) is 4.67. The second kappa shape index (κ2) is 6.67. The monoisotopic (exact) mass is 261 g/mol. The average Bonchev–Trinajstić information content (AvgIpc) is 2.65. The van der Waals surface area contributed by atoms with Crippen molar-refractivity contribution in [3.63, 3.8) is 0 Å². The number of hydrogen-bond donors (Lipinski definition) is 0. The minimum atomic E-state index is 0.959. The molecule has 0 atom stereocenters. The molecule has 0 radical (unpaired) electrons. The molecule has 1 heteroatoms. The summed E-state index contributed by atoms with van der Waals surface area (Å²) in [4.78, 5) is 4.51. The van der Waals surface area contributed by atoms with E-state index >= 15 is 0 Å². The minimum Gasteiger partial charge on any atom is -0.256 e. The number of allylic oxidation sites excluding steroid dienone is 9. The Bertz CT molecular complexity index is 638. The van der Waals surface area contributed by atoms with Gasteiger partial charge in [-0.15, -0.1) is 0 Å². The number of nitrogens with zero attached hydrogens (tertiary/aromatic N) is 1. The summed E-state index contributed by atoms with van der Waals surface area (Å²) in [6, 6.07) is 9.96. The summed E-state index contributed by atoms with van der Waals surface area (Å²) in [6.07, 6.45) is 12.3. The first-order chi connectivity index (χ1) is 9.70. The molecule has 1 aliphatic carbocycles. The number of hydrogen-bond acceptors (Lipinski definition) is 1. The van der Waals surface area contributed by atoms with Gasteiger partial charge in [0.2, 0.25) is 0 Å². The predicted octanol–water partition coefficient (Wildman–Crippen LogP) is 5.33. The normalized spacial score (nSPS) is 16.1. The molecular formula is C19H19N. The van der Waals surface area contributed by atoms with Crippen molar-refractivity contribution in [2.75, 3.05) is 0 Å². The van der Waals surface area contributed by atoms with Crippen LogP contribution in [0.15, 0.2) is 94.6 Å². The van der Waals surface area contributed by atoms with Gasteiger partial charge in [-0.3, -0.25) is 4.99 Å². The van der Waals surface area contributed by atoms with Gasteiger partial charge in [-0.2, -0.15) is 0 Å². The van der Waals surface area contributed by atoms with E-state index in [9.17, 15) is 0 Å². The Morgan fingerprint density at radius 3 is 2.55 bits per heavy atom. The molecule has 1 aliphatic rings. The van der Waals surface area contributed by atoms with Gasteiger partial charge in [0.1, 0.15) is 0 Å². The van der Waals surface area contributed by atoms with Gasteiger partial charge < -0.3 is 0 Å². The molecule has 0 heterocycles. The van der Waals surface area contributed by atoms with Crippen molar-refractivity contribution < 1.29 is 0 Å². The van der Waals surface area contributed by atoms with Gasteiger partial charge in [-0.25, -0.2) is 0 Å². The lowest BCUT2D eigenvalue weighted by atomic mass is 10.1. The minimum absolute atomic E-state index is 0.959. The quantitative estimate of drug-likeness (QED) is 0.652. The van der Waals surface area contributed by atoms with Crippen molar-refractivity contribution in [2.24, 2.45) is 4.99 Å². The van der Waals surface area contributed by atoms with Crippen LogP contribution in [0.5, 0.6) is 0 Å². The highest BCUT2D eigenvalue weighted by atomic mass is 14.7. The molecule has 0 aromatic heterocycles. The molecule has 1 aromatic rings. The van der Waals surface area contributed by atoms with Crippen LogP contribution in [0.4, 0.5) is 5.69 Å². The van der Waals surface area contributed by atoms with Gasteiger partial charge in [0.05, 0.1) is 5.69 Å². The zero-order chi connectivity index (χ0) is 14.4. The highest BCUT2D eigenvalue weighted by molar-refractivity contribution is 5.88. The highest BCUT2D eigenvalue weighted by Gasteiger charge is 2.02. The van der Waals surface area contributed by atoms with Gasteiger partial charge in [0, 0.05) is 6.21 Å². The lowest BCUT2D eigenvalue weighted by molar-refractivity contribution is 1.45. The Balaban J connectivity index is 2.24. The van der Waals surface area contributed by atoms with Crippen LogP contribution in [-0.4, -0.2) is 6.21 Å². The van der Waals surface area contributed by atoms with E-state index in [2.05, 4.69) is 42.8 Å². The first kappa shape index (κ1) is 14.0. The van der Waals surface area contributed by atoms with Crippen LogP contribution < -0.4 is 0 Å². The predicted molar refractivity (Wildman–Crippen MR) is 88.5 cm³/mol. The summed E-state index contributed by atoms with van der Waals surface area (Å²) < 4.78 is 0. The third-order valence-corrected chi connectivity index (χ3v) is 3.24. The molecule has 0 saturated heterocycles. The van der Waals surface area contributed by atoms with Gasteiger partial charge in [-0.05, 0) is 48.3 Å². The van der Waals surface area contributed by atoms with Crippen LogP contribution in [0.1, 0.15) is 13.8 Å². The zero-order valence-electron chi connectivity index (χ0n) is 12.0. The number of aliphatic imine (C=N–C) groups is 1. The molecular weight excluding hydrogens is 242 g/mol. The summed E-state index contributed by atoms with van der Waals surface area (Å²) in [5.74, 6) is 0. The maximum atomic E-state index is 4.51. The lowest BCUT2D eigenvalue weighted by Crippen LogP contribution is -1.87. The number of benzene rings is 1. The zero-order valence-corrected chi connectivity index (χ0v) is 12.0.